The van der Waals surface area contributed by atoms with Crippen molar-refractivity contribution in [2.45, 2.75) is 47.0 Å². The maximum Gasteiger partial charge on any atom is 0.0658 e. The quantitative estimate of drug-likeness (QED) is 0.613. The molecule has 0 aromatic rings. The highest BCUT2D eigenvalue weighted by atomic mass is 14.3. The summed E-state index contributed by atoms with van der Waals surface area (Å²) >= 11 is 0. The topological polar surface area (TPSA) is 23.8 Å². The van der Waals surface area contributed by atoms with Crippen LogP contribution in [0.3, 0.4) is 0 Å². The minimum absolute atomic E-state index is 0.268. The first kappa shape index (κ1) is 11.5. The zero-order valence-electron chi connectivity index (χ0n) is 8.80. The van der Waals surface area contributed by atoms with E-state index in [0.29, 0.717) is 11.8 Å². The van der Waals surface area contributed by atoms with Crippen LogP contribution in [0, 0.1) is 29.1 Å². The third-order valence-electron chi connectivity index (χ3n) is 2.60. The lowest BCUT2D eigenvalue weighted by atomic mass is 9.80. The summed E-state index contributed by atoms with van der Waals surface area (Å²) in [6.07, 6.45) is 3.39. The van der Waals surface area contributed by atoms with Gasteiger partial charge in [-0.05, 0) is 24.7 Å². The first-order valence-corrected chi connectivity index (χ1v) is 5.06. The van der Waals surface area contributed by atoms with Crippen LogP contribution < -0.4 is 0 Å². The molecule has 0 heterocycles. The molecule has 1 heteroatoms. The van der Waals surface area contributed by atoms with Gasteiger partial charge in [0.25, 0.3) is 0 Å². The second kappa shape index (κ2) is 6.06. The molecule has 0 spiro atoms. The zero-order valence-corrected chi connectivity index (χ0v) is 8.80. The van der Waals surface area contributed by atoms with Crippen molar-refractivity contribution >= 4 is 0 Å². The summed E-state index contributed by atoms with van der Waals surface area (Å²) < 4.78 is 0. The van der Waals surface area contributed by atoms with E-state index in [1.165, 1.54) is 12.8 Å². The van der Waals surface area contributed by atoms with Gasteiger partial charge < -0.3 is 0 Å². The van der Waals surface area contributed by atoms with Crippen LogP contribution in [0.4, 0.5) is 0 Å². The smallest absolute Gasteiger partial charge is 0.0658 e. The molecule has 0 rings (SSSR count). The van der Waals surface area contributed by atoms with Crippen molar-refractivity contribution in [2.24, 2.45) is 17.8 Å². The maximum absolute atomic E-state index is 8.92. The zero-order chi connectivity index (χ0) is 9.56. The van der Waals surface area contributed by atoms with Gasteiger partial charge >= 0.3 is 0 Å². The van der Waals surface area contributed by atoms with Crippen molar-refractivity contribution in [3.8, 4) is 6.07 Å². The molecular weight excluding hydrogens is 146 g/mol. The van der Waals surface area contributed by atoms with E-state index in [0.717, 1.165) is 6.42 Å². The van der Waals surface area contributed by atoms with Crippen molar-refractivity contribution in [2.75, 3.05) is 0 Å². The van der Waals surface area contributed by atoms with Gasteiger partial charge in [0.15, 0.2) is 0 Å². The van der Waals surface area contributed by atoms with Gasteiger partial charge in [0.2, 0.25) is 0 Å². The molecule has 12 heavy (non-hydrogen) atoms. The fourth-order valence-corrected chi connectivity index (χ4v) is 1.82. The molecule has 0 N–H and O–H groups in total. The van der Waals surface area contributed by atoms with Crippen molar-refractivity contribution in [3.63, 3.8) is 0 Å². The SMILES string of the molecule is CCCC(C(C)C)C(C#N)CC. The van der Waals surface area contributed by atoms with E-state index in [4.69, 9.17) is 5.26 Å². The molecule has 0 aromatic heterocycles. The van der Waals surface area contributed by atoms with Crippen LogP contribution in [0.25, 0.3) is 0 Å². The summed E-state index contributed by atoms with van der Waals surface area (Å²) in [7, 11) is 0. The number of rotatable bonds is 5. The van der Waals surface area contributed by atoms with Gasteiger partial charge in [0, 0.05) is 5.92 Å². The van der Waals surface area contributed by atoms with Gasteiger partial charge in [0.1, 0.15) is 0 Å². The number of nitriles is 1. The van der Waals surface area contributed by atoms with Crippen molar-refractivity contribution in [3.05, 3.63) is 0 Å². The van der Waals surface area contributed by atoms with Crippen molar-refractivity contribution < 1.29 is 0 Å². The lowest BCUT2D eigenvalue weighted by molar-refractivity contribution is 0.275. The molecule has 2 unspecified atom stereocenters. The Morgan fingerprint density at radius 1 is 1.25 bits per heavy atom. The average Bonchev–Trinajstić information content (AvgIpc) is 2.05. The Morgan fingerprint density at radius 2 is 1.83 bits per heavy atom. The summed E-state index contributed by atoms with van der Waals surface area (Å²) in [5, 5.41) is 8.92. The van der Waals surface area contributed by atoms with Crippen molar-refractivity contribution in [1.82, 2.24) is 0 Å². The van der Waals surface area contributed by atoms with E-state index in [1.807, 2.05) is 0 Å². The summed E-state index contributed by atoms with van der Waals surface area (Å²) in [5.74, 6) is 1.52. The lowest BCUT2D eigenvalue weighted by Gasteiger charge is -2.24. The second-order valence-electron chi connectivity index (χ2n) is 3.84. The van der Waals surface area contributed by atoms with E-state index in [2.05, 4.69) is 33.8 Å². The summed E-state index contributed by atoms with van der Waals surface area (Å²) in [6.45, 7) is 8.75. The second-order valence-corrected chi connectivity index (χ2v) is 3.84. The van der Waals surface area contributed by atoms with Crippen molar-refractivity contribution in [1.29, 1.82) is 5.26 Å². The Labute approximate surface area is 76.8 Å². The van der Waals surface area contributed by atoms with Gasteiger partial charge in [-0.15, -0.1) is 0 Å². The van der Waals surface area contributed by atoms with E-state index in [1.54, 1.807) is 0 Å². The largest absolute Gasteiger partial charge is 0.198 e. The number of hydrogen-bond donors (Lipinski definition) is 0. The van der Waals surface area contributed by atoms with Gasteiger partial charge in [-0.2, -0.15) is 5.26 Å². The van der Waals surface area contributed by atoms with E-state index in [9.17, 15) is 0 Å². The van der Waals surface area contributed by atoms with Crippen LogP contribution in [0.5, 0.6) is 0 Å². The number of nitrogens with zero attached hydrogens (tertiary/aromatic N) is 1. The molecule has 70 valence electrons. The predicted molar refractivity (Wildman–Crippen MR) is 52.6 cm³/mol. The first-order valence-electron chi connectivity index (χ1n) is 5.06. The molecule has 2 atom stereocenters. The summed E-state index contributed by atoms with van der Waals surface area (Å²) in [4.78, 5) is 0. The molecule has 0 radical (unpaired) electrons. The van der Waals surface area contributed by atoms with E-state index >= 15 is 0 Å². The molecule has 0 aliphatic heterocycles. The molecular formula is C11H21N. The summed E-state index contributed by atoms with van der Waals surface area (Å²) in [6, 6.07) is 2.42. The van der Waals surface area contributed by atoms with Crippen LogP contribution in [0.2, 0.25) is 0 Å². The Hall–Kier alpha value is -0.510. The molecule has 0 bridgehead atoms. The monoisotopic (exact) mass is 167 g/mol. The fourth-order valence-electron chi connectivity index (χ4n) is 1.82. The van der Waals surface area contributed by atoms with Gasteiger partial charge in [-0.1, -0.05) is 34.1 Å². The Balaban J connectivity index is 4.17. The highest BCUT2D eigenvalue weighted by Gasteiger charge is 2.21. The van der Waals surface area contributed by atoms with Crippen LogP contribution in [-0.4, -0.2) is 0 Å². The molecule has 0 saturated heterocycles. The Morgan fingerprint density at radius 3 is 2.08 bits per heavy atom. The first-order chi connectivity index (χ1) is 5.67. The predicted octanol–water partition coefficient (Wildman–Crippen LogP) is 3.61. The summed E-state index contributed by atoms with van der Waals surface area (Å²) in [5.41, 5.74) is 0. The Kier molecular flexibility index (Phi) is 5.80. The van der Waals surface area contributed by atoms with Crippen LogP contribution in [0.1, 0.15) is 47.0 Å². The van der Waals surface area contributed by atoms with Gasteiger partial charge in [0.05, 0.1) is 6.07 Å². The fraction of sp³-hybridized carbons (Fsp3) is 0.909. The van der Waals surface area contributed by atoms with Crippen LogP contribution in [-0.2, 0) is 0 Å². The molecule has 0 aromatic carbocycles. The molecule has 0 amide bonds. The van der Waals surface area contributed by atoms with E-state index in [-0.39, 0.29) is 5.92 Å². The van der Waals surface area contributed by atoms with Gasteiger partial charge in [-0.3, -0.25) is 0 Å². The highest BCUT2D eigenvalue weighted by molar-refractivity contribution is 4.88. The van der Waals surface area contributed by atoms with E-state index < -0.39 is 0 Å². The Bertz CT molecular complexity index is 144. The minimum Gasteiger partial charge on any atom is -0.198 e. The third-order valence-corrected chi connectivity index (χ3v) is 2.60. The van der Waals surface area contributed by atoms with Crippen LogP contribution >= 0.6 is 0 Å². The van der Waals surface area contributed by atoms with Crippen LogP contribution in [0.15, 0.2) is 0 Å². The highest BCUT2D eigenvalue weighted by Crippen LogP contribution is 2.27. The normalized spacial score (nSPS) is 15.7. The standard InChI is InChI=1S/C11H21N/c1-5-7-11(9(3)4)10(6-2)8-12/h9-11H,5-7H2,1-4H3. The van der Waals surface area contributed by atoms with Gasteiger partial charge in [-0.25, -0.2) is 0 Å². The molecule has 0 aliphatic carbocycles. The number of hydrogen-bond acceptors (Lipinski definition) is 1. The molecule has 0 fully saturated rings. The third kappa shape index (κ3) is 3.26. The lowest BCUT2D eigenvalue weighted by Crippen LogP contribution is -2.18. The molecule has 0 aliphatic rings. The average molecular weight is 167 g/mol. The maximum atomic E-state index is 8.92. The molecule has 0 saturated carbocycles. The minimum atomic E-state index is 0.268. The molecule has 1 nitrogen and oxygen atoms in total.